The quantitative estimate of drug-likeness (QED) is 0.141. The molecule has 3 saturated heterocycles. The molecule has 0 aliphatic carbocycles. The van der Waals surface area contributed by atoms with Gasteiger partial charge in [-0.05, 0) is 79.6 Å². The van der Waals surface area contributed by atoms with E-state index in [0.717, 1.165) is 18.4 Å². The van der Waals surface area contributed by atoms with Crippen LogP contribution in [0.1, 0.15) is 43.2 Å². The number of aromatic nitrogens is 2. The third-order valence-electron chi connectivity index (χ3n) is 9.83. The van der Waals surface area contributed by atoms with Gasteiger partial charge in [0.1, 0.15) is 36.4 Å². The van der Waals surface area contributed by atoms with Gasteiger partial charge in [0.2, 0.25) is 17.7 Å². The number of phenols is 1. The highest BCUT2D eigenvalue weighted by molar-refractivity contribution is 7.92. The summed E-state index contributed by atoms with van der Waals surface area (Å²) in [7, 11) is -2.68. The molecule has 4 amide bonds. The van der Waals surface area contributed by atoms with Crippen molar-refractivity contribution in [3.05, 3.63) is 64.3 Å². The number of rotatable bonds is 9. The number of hydrogen-bond acceptors (Lipinski definition) is 10. The molecule has 0 unspecified atom stereocenters. The zero-order valence-electron chi connectivity index (χ0n) is 28.1. The molecule has 3 aromatic carbocycles. The minimum absolute atomic E-state index is 0.0260. The maximum Gasteiger partial charge on any atom is 0.329 e. The van der Waals surface area contributed by atoms with Crippen LogP contribution in [0.5, 0.6) is 11.5 Å². The van der Waals surface area contributed by atoms with Gasteiger partial charge < -0.3 is 15.2 Å². The molecule has 18 heteroatoms. The monoisotopic (exact) mass is 737 g/mol. The highest BCUT2D eigenvalue weighted by atomic mass is 32.2. The topological polar surface area (TPSA) is 201 Å². The van der Waals surface area contributed by atoms with E-state index in [1.807, 2.05) is 18.2 Å². The summed E-state index contributed by atoms with van der Waals surface area (Å²) < 4.78 is 50.9. The minimum atomic E-state index is -4.35. The molecule has 4 heterocycles. The van der Waals surface area contributed by atoms with Crippen LogP contribution < -0.4 is 30.1 Å². The van der Waals surface area contributed by atoms with Gasteiger partial charge in [0.15, 0.2) is 5.82 Å². The normalized spacial score (nSPS) is 19.6. The van der Waals surface area contributed by atoms with Crippen LogP contribution >= 0.6 is 0 Å². The number of phenolic OH excluding ortho intramolecular Hbond substituents is 1. The number of nitrogens with zero attached hydrogens (tertiary/aromatic N) is 4. The number of anilines is 1. The fraction of sp³-hybridized carbons (Fsp3) is 0.382. The summed E-state index contributed by atoms with van der Waals surface area (Å²) in [5.74, 6) is -3.06. The second kappa shape index (κ2) is 13.6. The van der Waals surface area contributed by atoms with Crippen molar-refractivity contribution < 1.29 is 41.8 Å². The van der Waals surface area contributed by atoms with Gasteiger partial charge >= 0.3 is 15.9 Å². The Morgan fingerprint density at radius 2 is 1.79 bits per heavy atom. The van der Waals surface area contributed by atoms with Crippen molar-refractivity contribution in [3.8, 4) is 11.5 Å². The predicted octanol–water partition coefficient (Wildman–Crippen LogP) is 0.871. The van der Waals surface area contributed by atoms with Crippen molar-refractivity contribution in [2.75, 3.05) is 43.6 Å². The molecule has 4 aromatic rings. The lowest BCUT2D eigenvalue weighted by Crippen LogP contribution is -2.44. The van der Waals surface area contributed by atoms with Gasteiger partial charge in [-0.1, -0.05) is 12.1 Å². The Kier molecular flexibility index (Phi) is 9.12. The molecule has 3 aliphatic heterocycles. The van der Waals surface area contributed by atoms with E-state index < -0.39 is 51.9 Å². The number of fused-ring (bicyclic) bond motifs is 2. The molecule has 0 spiro atoms. The number of ether oxygens (including phenoxy) is 1. The van der Waals surface area contributed by atoms with Crippen LogP contribution in [0, 0.1) is 5.82 Å². The number of benzene rings is 3. The van der Waals surface area contributed by atoms with E-state index in [2.05, 4.69) is 15.5 Å². The molecule has 1 atom stereocenters. The first-order valence-electron chi connectivity index (χ1n) is 16.8. The zero-order valence-corrected chi connectivity index (χ0v) is 28.9. The summed E-state index contributed by atoms with van der Waals surface area (Å²) in [6.07, 6.45) is 2.05. The maximum atomic E-state index is 15.5. The van der Waals surface area contributed by atoms with Gasteiger partial charge in [-0.25, -0.2) is 18.2 Å². The van der Waals surface area contributed by atoms with Crippen molar-refractivity contribution in [2.24, 2.45) is 7.05 Å². The summed E-state index contributed by atoms with van der Waals surface area (Å²) in [6, 6.07) is 10.7. The smallest absolute Gasteiger partial charge is 0.329 e. The Labute approximate surface area is 296 Å². The van der Waals surface area contributed by atoms with Crippen molar-refractivity contribution in [1.29, 1.82) is 0 Å². The summed E-state index contributed by atoms with van der Waals surface area (Å²) in [5, 5.41) is 15.8. The second-order valence-corrected chi connectivity index (χ2v) is 14.7. The number of piperidine rings is 2. The van der Waals surface area contributed by atoms with E-state index in [4.69, 9.17) is 4.74 Å². The molecule has 1 aromatic heterocycles. The first-order valence-corrected chi connectivity index (χ1v) is 18.2. The van der Waals surface area contributed by atoms with E-state index >= 15 is 4.39 Å². The largest absolute Gasteiger partial charge is 0.506 e. The number of carbonyl (C=O) groups excluding carboxylic acids is 4. The second-order valence-electron chi connectivity index (χ2n) is 13.2. The first-order chi connectivity index (χ1) is 24.8. The van der Waals surface area contributed by atoms with Crippen LogP contribution in [0.4, 0.5) is 10.1 Å². The molecule has 16 nitrogen and oxygen atoms in total. The number of nitrogens with one attached hydrogen (secondary N) is 3. The number of hydrogen-bond donors (Lipinski definition) is 4. The SMILES string of the molecule is Cn1c(=O)n([C@@H]2CCC(=O)NC2=O)c2ccc(C3CCN(CC(=O)NCCOc4ccc5cc(O)c(N6CC(=O)NS6(=O)=O)c(F)c5c4)CC3)cc21. The molecule has 52 heavy (non-hydrogen) atoms. The number of imide groups is 1. The van der Waals surface area contributed by atoms with Gasteiger partial charge in [-0.2, -0.15) is 8.42 Å². The third-order valence-corrected chi connectivity index (χ3v) is 11.2. The minimum Gasteiger partial charge on any atom is -0.506 e. The number of aryl methyl sites for hydroxylation is 1. The number of amides is 4. The van der Waals surface area contributed by atoms with Crippen LogP contribution in [-0.4, -0.2) is 90.5 Å². The van der Waals surface area contributed by atoms with Gasteiger partial charge in [-0.3, -0.25) is 38.5 Å². The van der Waals surface area contributed by atoms with Crippen LogP contribution in [-0.2, 0) is 36.4 Å². The lowest BCUT2D eigenvalue weighted by molar-refractivity contribution is -0.135. The lowest BCUT2D eigenvalue weighted by Gasteiger charge is -2.31. The molecule has 0 saturated carbocycles. The van der Waals surface area contributed by atoms with Crippen LogP contribution in [0.2, 0.25) is 0 Å². The number of halogens is 1. The van der Waals surface area contributed by atoms with Crippen LogP contribution in [0.15, 0.2) is 47.3 Å². The van der Waals surface area contributed by atoms with Gasteiger partial charge in [-0.15, -0.1) is 0 Å². The van der Waals surface area contributed by atoms with E-state index in [1.165, 1.54) is 27.3 Å². The number of carbonyl (C=O) groups is 4. The van der Waals surface area contributed by atoms with E-state index in [1.54, 1.807) is 17.8 Å². The maximum absolute atomic E-state index is 15.5. The molecule has 3 fully saturated rings. The van der Waals surface area contributed by atoms with E-state index in [0.29, 0.717) is 28.4 Å². The zero-order chi connectivity index (χ0) is 36.9. The summed E-state index contributed by atoms with van der Waals surface area (Å²) in [6.45, 7) is 1.14. The Hall–Kier alpha value is -5.49. The van der Waals surface area contributed by atoms with Gasteiger partial charge in [0.25, 0.3) is 5.91 Å². The molecule has 0 radical (unpaired) electrons. The molecular formula is C34H36FN7O9S. The van der Waals surface area contributed by atoms with Crippen molar-refractivity contribution in [1.82, 2.24) is 29.4 Å². The van der Waals surface area contributed by atoms with Crippen LogP contribution in [0.3, 0.4) is 0 Å². The molecule has 7 rings (SSSR count). The third kappa shape index (κ3) is 6.54. The number of aromatic hydroxyl groups is 1. The Balaban J connectivity index is 0.907. The lowest BCUT2D eigenvalue weighted by atomic mass is 9.89. The highest BCUT2D eigenvalue weighted by Crippen LogP contribution is 2.39. The predicted molar refractivity (Wildman–Crippen MR) is 185 cm³/mol. The fourth-order valence-electron chi connectivity index (χ4n) is 7.19. The van der Waals surface area contributed by atoms with E-state index in [9.17, 15) is 37.5 Å². The van der Waals surface area contributed by atoms with Gasteiger partial charge in [0.05, 0.1) is 24.1 Å². The summed E-state index contributed by atoms with van der Waals surface area (Å²) in [4.78, 5) is 63.7. The fourth-order valence-corrected chi connectivity index (χ4v) is 8.35. The summed E-state index contributed by atoms with van der Waals surface area (Å²) >= 11 is 0. The van der Waals surface area contributed by atoms with Crippen molar-refractivity contribution in [3.63, 3.8) is 0 Å². The van der Waals surface area contributed by atoms with Crippen molar-refractivity contribution in [2.45, 2.75) is 37.6 Å². The molecule has 4 N–H and O–H groups in total. The number of likely N-dealkylation sites (tertiary alicyclic amines) is 1. The Morgan fingerprint density at radius 3 is 2.50 bits per heavy atom. The molecule has 274 valence electrons. The molecular weight excluding hydrogens is 701 g/mol. The first kappa shape index (κ1) is 34.9. The standard InChI is InChI=1S/C34H36FN7O9S/c1-39-26-14-20(3-5-24(26)42(34(39)48)25-6-7-28(44)37-33(25)47)19-8-11-40(12-9-19)17-29(45)36-10-13-51-22-4-2-21-15-27(43)32(31(35)23(21)16-22)41-18-30(46)38-52(41,49)50/h2-5,14-16,19,25,43H,6-13,17-18H2,1H3,(H,36,45)(H,38,46)(H,37,44,47)/t25-/m1/s1. The van der Waals surface area contributed by atoms with Gasteiger partial charge in [0, 0.05) is 18.9 Å². The Bertz CT molecular complexity index is 2320. The van der Waals surface area contributed by atoms with E-state index in [-0.39, 0.29) is 72.5 Å². The average molecular weight is 738 g/mol. The van der Waals surface area contributed by atoms with Crippen molar-refractivity contribution >= 4 is 61.3 Å². The average Bonchev–Trinajstić information content (AvgIpc) is 3.52. The Morgan fingerprint density at radius 1 is 1.02 bits per heavy atom. The molecule has 3 aliphatic rings. The summed E-state index contributed by atoms with van der Waals surface area (Å²) in [5.41, 5.74) is 1.46. The van der Waals surface area contributed by atoms with Crippen LogP contribution in [0.25, 0.3) is 21.8 Å². The number of imidazole rings is 1. The highest BCUT2D eigenvalue weighted by Gasteiger charge is 2.38. The molecule has 0 bridgehead atoms.